The number of rotatable bonds is 11. The first-order chi connectivity index (χ1) is 14.8. The van der Waals surface area contributed by atoms with Gasteiger partial charge in [-0.05, 0) is 36.2 Å². The van der Waals surface area contributed by atoms with Gasteiger partial charge in [0.25, 0.3) is 5.91 Å². The quantitative estimate of drug-likeness (QED) is 0.487. The second-order valence-electron chi connectivity index (χ2n) is 6.50. The molecule has 0 unspecified atom stereocenters. The fraction of sp³-hybridized carbons (Fsp3) is 0.250. The second kappa shape index (κ2) is 11.6. The van der Waals surface area contributed by atoms with Crippen molar-refractivity contribution >= 4 is 5.91 Å². The molecule has 0 bridgehead atoms. The van der Waals surface area contributed by atoms with E-state index in [1.807, 2.05) is 61.5 Å². The molecule has 2 aromatic carbocycles. The van der Waals surface area contributed by atoms with Crippen molar-refractivity contribution in [2.24, 2.45) is 0 Å². The monoisotopic (exact) mass is 406 g/mol. The number of pyridine rings is 1. The lowest BCUT2D eigenvalue weighted by Crippen LogP contribution is -2.23. The van der Waals surface area contributed by atoms with E-state index in [9.17, 15) is 4.79 Å². The molecule has 1 amide bonds. The third kappa shape index (κ3) is 6.60. The van der Waals surface area contributed by atoms with Gasteiger partial charge in [0.2, 0.25) is 5.88 Å². The molecule has 1 aromatic heterocycles. The molecule has 6 nitrogen and oxygen atoms in total. The van der Waals surface area contributed by atoms with Crippen molar-refractivity contribution in [3.8, 4) is 11.6 Å². The Balaban J connectivity index is 1.55. The van der Waals surface area contributed by atoms with E-state index >= 15 is 0 Å². The van der Waals surface area contributed by atoms with E-state index in [0.717, 1.165) is 11.1 Å². The number of nitrogens with zero attached hydrogens (tertiary/aromatic N) is 1. The summed E-state index contributed by atoms with van der Waals surface area (Å²) in [4.78, 5) is 16.9. The van der Waals surface area contributed by atoms with E-state index in [0.29, 0.717) is 50.2 Å². The van der Waals surface area contributed by atoms with Gasteiger partial charge in [0.1, 0.15) is 19.0 Å². The van der Waals surface area contributed by atoms with Gasteiger partial charge in [-0.2, -0.15) is 0 Å². The molecule has 0 spiro atoms. The van der Waals surface area contributed by atoms with Crippen molar-refractivity contribution in [2.45, 2.75) is 20.1 Å². The van der Waals surface area contributed by atoms with Gasteiger partial charge in [0.15, 0.2) is 0 Å². The van der Waals surface area contributed by atoms with E-state index in [4.69, 9.17) is 14.2 Å². The number of benzene rings is 2. The van der Waals surface area contributed by atoms with Gasteiger partial charge in [-0.15, -0.1) is 0 Å². The Bertz CT molecular complexity index is 931. The summed E-state index contributed by atoms with van der Waals surface area (Å²) < 4.78 is 16.7. The molecule has 0 aliphatic carbocycles. The maximum atomic E-state index is 12.7. The zero-order valence-electron chi connectivity index (χ0n) is 17.0. The molecule has 1 heterocycles. The van der Waals surface area contributed by atoms with Crippen LogP contribution in [0.5, 0.6) is 11.6 Å². The van der Waals surface area contributed by atoms with E-state index in [2.05, 4.69) is 10.3 Å². The third-order valence-electron chi connectivity index (χ3n) is 4.30. The molecule has 0 fully saturated rings. The second-order valence-corrected chi connectivity index (χ2v) is 6.50. The van der Waals surface area contributed by atoms with Crippen LogP contribution in [0, 0.1) is 0 Å². The number of amides is 1. The SMILES string of the molecule is CCOCCOc1ccccc1C(=O)NCc1ccnc(OCc2ccccc2)c1. The number of aromatic nitrogens is 1. The fourth-order valence-corrected chi connectivity index (χ4v) is 2.78. The minimum absolute atomic E-state index is 0.203. The molecule has 0 aliphatic rings. The van der Waals surface area contributed by atoms with Crippen LogP contribution in [0.3, 0.4) is 0 Å². The summed E-state index contributed by atoms with van der Waals surface area (Å²) in [6.45, 7) is 4.24. The number of carbonyl (C=O) groups excluding carboxylic acids is 1. The first-order valence-corrected chi connectivity index (χ1v) is 9.95. The summed E-state index contributed by atoms with van der Waals surface area (Å²) >= 11 is 0. The normalized spacial score (nSPS) is 10.4. The third-order valence-corrected chi connectivity index (χ3v) is 4.30. The van der Waals surface area contributed by atoms with Crippen molar-refractivity contribution in [2.75, 3.05) is 19.8 Å². The predicted octanol–water partition coefficient (Wildman–Crippen LogP) is 4.01. The van der Waals surface area contributed by atoms with Gasteiger partial charge in [-0.1, -0.05) is 42.5 Å². The summed E-state index contributed by atoms with van der Waals surface area (Å²) in [5, 5.41) is 2.92. The van der Waals surface area contributed by atoms with Gasteiger partial charge in [0, 0.05) is 25.4 Å². The molecule has 30 heavy (non-hydrogen) atoms. The molecule has 0 aliphatic heterocycles. The van der Waals surface area contributed by atoms with Crippen LogP contribution in [0.25, 0.3) is 0 Å². The first-order valence-electron chi connectivity index (χ1n) is 9.95. The van der Waals surface area contributed by atoms with Crippen LogP contribution in [-0.2, 0) is 17.9 Å². The lowest BCUT2D eigenvalue weighted by atomic mass is 10.2. The Kier molecular flexibility index (Phi) is 8.23. The highest BCUT2D eigenvalue weighted by Gasteiger charge is 2.12. The maximum Gasteiger partial charge on any atom is 0.255 e. The van der Waals surface area contributed by atoms with Gasteiger partial charge in [0.05, 0.1) is 12.2 Å². The number of ether oxygens (including phenoxy) is 3. The Morgan fingerprint density at radius 2 is 1.73 bits per heavy atom. The largest absolute Gasteiger partial charge is 0.490 e. The highest BCUT2D eigenvalue weighted by atomic mass is 16.5. The highest BCUT2D eigenvalue weighted by molar-refractivity contribution is 5.96. The fourth-order valence-electron chi connectivity index (χ4n) is 2.78. The summed E-state index contributed by atoms with van der Waals surface area (Å²) in [7, 11) is 0. The molecule has 3 aromatic rings. The standard InChI is InChI=1S/C24H26N2O4/c1-2-28-14-15-29-22-11-7-6-10-21(22)24(27)26-17-20-12-13-25-23(16-20)30-18-19-8-4-3-5-9-19/h3-13,16H,2,14-15,17-18H2,1H3,(H,26,27). The maximum absolute atomic E-state index is 12.7. The Hall–Kier alpha value is -3.38. The van der Waals surface area contributed by atoms with Gasteiger partial charge < -0.3 is 19.5 Å². The molecular formula is C24H26N2O4. The smallest absolute Gasteiger partial charge is 0.255 e. The van der Waals surface area contributed by atoms with Crippen LogP contribution >= 0.6 is 0 Å². The van der Waals surface area contributed by atoms with Crippen molar-refractivity contribution in [3.63, 3.8) is 0 Å². The number of hydrogen-bond donors (Lipinski definition) is 1. The molecule has 6 heteroatoms. The summed E-state index contributed by atoms with van der Waals surface area (Å²) in [6, 6.07) is 20.7. The van der Waals surface area contributed by atoms with Gasteiger partial charge >= 0.3 is 0 Å². The number of nitrogens with one attached hydrogen (secondary N) is 1. The van der Waals surface area contributed by atoms with E-state index in [-0.39, 0.29) is 5.91 Å². The topological polar surface area (TPSA) is 69.7 Å². The van der Waals surface area contributed by atoms with Crippen LogP contribution in [0.4, 0.5) is 0 Å². The molecule has 156 valence electrons. The van der Waals surface area contributed by atoms with Gasteiger partial charge in [-0.25, -0.2) is 4.98 Å². The van der Waals surface area contributed by atoms with Crippen LogP contribution in [0.15, 0.2) is 72.9 Å². The van der Waals surface area contributed by atoms with Crippen molar-refractivity contribution < 1.29 is 19.0 Å². The summed E-state index contributed by atoms with van der Waals surface area (Å²) in [5.41, 5.74) is 2.46. The van der Waals surface area contributed by atoms with E-state index in [1.54, 1.807) is 18.3 Å². The van der Waals surface area contributed by atoms with Crippen molar-refractivity contribution in [1.82, 2.24) is 10.3 Å². The molecule has 3 rings (SSSR count). The van der Waals surface area contributed by atoms with E-state index in [1.165, 1.54) is 0 Å². The minimum atomic E-state index is -0.203. The van der Waals surface area contributed by atoms with Crippen LogP contribution in [0.2, 0.25) is 0 Å². The predicted molar refractivity (Wildman–Crippen MR) is 115 cm³/mol. The molecule has 0 radical (unpaired) electrons. The molecule has 1 N–H and O–H groups in total. The van der Waals surface area contributed by atoms with Crippen LogP contribution in [0.1, 0.15) is 28.4 Å². The lowest BCUT2D eigenvalue weighted by molar-refractivity contribution is 0.0934. The number of carbonyl (C=O) groups is 1. The minimum Gasteiger partial charge on any atom is -0.490 e. The number of para-hydroxylation sites is 1. The highest BCUT2D eigenvalue weighted by Crippen LogP contribution is 2.18. The van der Waals surface area contributed by atoms with Crippen molar-refractivity contribution in [1.29, 1.82) is 0 Å². The summed E-state index contributed by atoms with van der Waals surface area (Å²) in [5.74, 6) is 0.854. The zero-order chi connectivity index (χ0) is 21.0. The molecule has 0 atom stereocenters. The average molecular weight is 406 g/mol. The van der Waals surface area contributed by atoms with Gasteiger partial charge in [-0.3, -0.25) is 4.79 Å². The Morgan fingerprint density at radius 3 is 2.57 bits per heavy atom. The zero-order valence-corrected chi connectivity index (χ0v) is 17.0. The summed E-state index contributed by atoms with van der Waals surface area (Å²) in [6.07, 6.45) is 1.67. The average Bonchev–Trinajstić information content (AvgIpc) is 2.80. The molecule has 0 saturated carbocycles. The van der Waals surface area contributed by atoms with Crippen LogP contribution in [-0.4, -0.2) is 30.7 Å². The Labute approximate surface area is 176 Å². The first kappa shape index (κ1) is 21.3. The molecule has 0 saturated heterocycles. The molecular weight excluding hydrogens is 380 g/mol. The lowest BCUT2D eigenvalue weighted by Gasteiger charge is -2.12. The van der Waals surface area contributed by atoms with E-state index < -0.39 is 0 Å². The Morgan fingerprint density at radius 1 is 0.933 bits per heavy atom. The van der Waals surface area contributed by atoms with Crippen molar-refractivity contribution in [3.05, 3.63) is 89.6 Å². The number of hydrogen-bond acceptors (Lipinski definition) is 5. The van der Waals surface area contributed by atoms with Crippen LogP contribution < -0.4 is 14.8 Å².